The minimum Gasteiger partial charge on any atom is -0.382 e. The van der Waals surface area contributed by atoms with Crippen LogP contribution in [-0.2, 0) is 23.7 Å². The molecule has 5 heteroatoms. The first-order chi connectivity index (χ1) is 20.4. The molecule has 0 fully saturated rings. The first kappa shape index (κ1) is 40.5. The van der Waals surface area contributed by atoms with E-state index in [0.717, 1.165) is 52.9 Å². The summed E-state index contributed by atoms with van der Waals surface area (Å²) in [6.45, 7) is 11.7. The average molecular weight is 585 g/mol. The van der Waals surface area contributed by atoms with Crippen LogP contribution in [0, 0.1) is 0 Å². The van der Waals surface area contributed by atoms with E-state index in [1.54, 1.807) is 7.11 Å². The Hall–Kier alpha value is -0.460. The molecule has 41 heavy (non-hydrogen) atoms. The van der Waals surface area contributed by atoms with Gasteiger partial charge >= 0.3 is 0 Å². The van der Waals surface area contributed by atoms with Crippen molar-refractivity contribution in [3.05, 3.63) is 12.7 Å². The zero-order chi connectivity index (χ0) is 29.6. The highest BCUT2D eigenvalue weighted by Crippen LogP contribution is 2.10. The van der Waals surface area contributed by atoms with E-state index in [-0.39, 0.29) is 0 Å². The molecule has 0 saturated carbocycles. The highest BCUT2D eigenvalue weighted by molar-refractivity contribution is 4.65. The number of hydrogen-bond donors (Lipinski definition) is 0. The summed E-state index contributed by atoms with van der Waals surface area (Å²) in [7, 11) is 1.71. The van der Waals surface area contributed by atoms with Gasteiger partial charge in [0.2, 0.25) is 0 Å². The third kappa shape index (κ3) is 39.5. The van der Waals surface area contributed by atoms with Gasteiger partial charge in [-0.15, -0.1) is 6.58 Å². The van der Waals surface area contributed by atoms with Gasteiger partial charge in [0.15, 0.2) is 0 Å². The molecule has 0 atom stereocenters. The largest absolute Gasteiger partial charge is 0.382 e. The van der Waals surface area contributed by atoms with Gasteiger partial charge in [-0.2, -0.15) is 0 Å². The fraction of sp³-hybridized carbons (Fsp3) is 0.944. The van der Waals surface area contributed by atoms with Crippen molar-refractivity contribution in [2.24, 2.45) is 0 Å². The number of allylic oxidation sites excluding steroid dienone is 1. The molecular formula is C36H72O5. The van der Waals surface area contributed by atoms with E-state index in [1.807, 2.05) is 6.08 Å². The fourth-order valence-corrected chi connectivity index (χ4v) is 4.92. The van der Waals surface area contributed by atoms with Crippen molar-refractivity contribution in [2.45, 2.75) is 154 Å². The molecule has 0 aliphatic carbocycles. The van der Waals surface area contributed by atoms with Crippen molar-refractivity contribution >= 4 is 0 Å². The Kier molecular flexibility index (Phi) is 39.1. The molecule has 0 bridgehead atoms. The van der Waals surface area contributed by atoms with Crippen LogP contribution in [-0.4, -0.2) is 66.6 Å². The van der Waals surface area contributed by atoms with Crippen LogP contribution >= 0.6 is 0 Å². The van der Waals surface area contributed by atoms with E-state index in [2.05, 4.69) is 6.58 Å². The molecular weight excluding hydrogens is 512 g/mol. The zero-order valence-corrected chi connectivity index (χ0v) is 27.7. The Bertz CT molecular complexity index is 459. The van der Waals surface area contributed by atoms with E-state index in [1.165, 1.54) is 154 Å². The highest BCUT2D eigenvalue weighted by Gasteiger charge is 1.97. The Morgan fingerprint density at radius 2 is 0.561 bits per heavy atom. The van der Waals surface area contributed by atoms with Crippen molar-refractivity contribution < 1.29 is 23.7 Å². The molecule has 0 spiro atoms. The second-order valence-corrected chi connectivity index (χ2v) is 11.7. The van der Waals surface area contributed by atoms with Crippen LogP contribution in [0.15, 0.2) is 12.7 Å². The molecule has 0 aromatic carbocycles. The lowest BCUT2D eigenvalue weighted by atomic mass is 10.1. The quantitative estimate of drug-likeness (QED) is 0.0533. The first-order valence-corrected chi connectivity index (χ1v) is 17.8. The molecule has 0 aliphatic heterocycles. The molecule has 0 aromatic heterocycles. The smallest absolute Gasteiger partial charge is 0.0700 e. The summed E-state index contributed by atoms with van der Waals surface area (Å²) in [5, 5.41) is 0. The maximum absolute atomic E-state index is 5.82. The van der Waals surface area contributed by atoms with Crippen molar-refractivity contribution in [1.29, 1.82) is 0 Å². The Morgan fingerprint density at radius 3 is 0.829 bits per heavy atom. The van der Waals surface area contributed by atoms with Crippen molar-refractivity contribution in [3.8, 4) is 0 Å². The maximum Gasteiger partial charge on any atom is 0.0700 e. The lowest BCUT2D eigenvalue weighted by Gasteiger charge is -2.06. The summed E-state index contributed by atoms with van der Waals surface area (Å²) in [4.78, 5) is 0. The van der Waals surface area contributed by atoms with E-state index in [4.69, 9.17) is 23.7 Å². The third-order valence-electron chi connectivity index (χ3n) is 7.61. The Labute approximate surface area is 256 Å². The lowest BCUT2D eigenvalue weighted by Crippen LogP contribution is -2.02. The summed E-state index contributed by atoms with van der Waals surface area (Å²) in [5.41, 5.74) is 0. The van der Waals surface area contributed by atoms with Crippen LogP contribution in [0.2, 0.25) is 0 Å². The molecule has 0 saturated heterocycles. The van der Waals surface area contributed by atoms with Gasteiger partial charge in [-0.3, -0.25) is 0 Å². The first-order valence-electron chi connectivity index (χ1n) is 17.8. The molecule has 0 rings (SSSR count). The number of ether oxygens (including phenoxy) is 5. The standard InChI is InChI=1S/C36H72O5/c1-3-4-5-6-7-8-9-14-21-28-38-29-22-15-10-11-16-23-30-39-32-26-19-20-27-33-40-31-24-17-12-13-18-25-34-41-36-35-37-2/h3H,1,4-36H2,2H3. The molecule has 0 aliphatic rings. The minimum absolute atomic E-state index is 0.699. The predicted molar refractivity (Wildman–Crippen MR) is 176 cm³/mol. The summed E-state index contributed by atoms with van der Waals surface area (Å²) >= 11 is 0. The van der Waals surface area contributed by atoms with E-state index >= 15 is 0 Å². The predicted octanol–water partition coefficient (Wildman–Crippen LogP) is 10.2. The maximum atomic E-state index is 5.82. The van der Waals surface area contributed by atoms with Gasteiger partial charge in [-0.1, -0.05) is 102 Å². The van der Waals surface area contributed by atoms with Crippen molar-refractivity contribution in [3.63, 3.8) is 0 Å². The summed E-state index contributed by atoms with van der Waals surface area (Å²) in [6.07, 6.45) is 32.7. The van der Waals surface area contributed by atoms with Crippen LogP contribution in [0.3, 0.4) is 0 Å². The zero-order valence-electron chi connectivity index (χ0n) is 27.7. The van der Waals surface area contributed by atoms with Crippen LogP contribution in [0.25, 0.3) is 0 Å². The molecule has 0 N–H and O–H groups in total. The van der Waals surface area contributed by atoms with E-state index < -0.39 is 0 Å². The van der Waals surface area contributed by atoms with Crippen LogP contribution in [0.5, 0.6) is 0 Å². The molecule has 246 valence electrons. The molecule has 0 heterocycles. The lowest BCUT2D eigenvalue weighted by molar-refractivity contribution is 0.0685. The molecule has 0 radical (unpaired) electrons. The number of methoxy groups -OCH3 is 1. The number of rotatable bonds is 38. The minimum atomic E-state index is 0.699. The summed E-state index contributed by atoms with van der Waals surface area (Å²) in [5.74, 6) is 0. The van der Waals surface area contributed by atoms with Gasteiger partial charge in [0.05, 0.1) is 13.2 Å². The van der Waals surface area contributed by atoms with Gasteiger partial charge in [0.1, 0.15) is 0 Å². The fourth-order valence-electron chi connectivity index (χ4n) is 4.92. The SMILES string of the molecule is C=CCCCCCCCCCOCCCCCCCCOCCCCCCOCCCCCCCCOCCOC. The van der Waals surface area contributed by atoms with Crippen LogP contribution < -0.4 is 0 Å². The highest BCUT2D eigenvalue weighted by atomic mass is 16.5. The second-order valence-electron chi connectivity index (χ2n) is 11.7. The second kappa shape index (κ2) is 39.5. The third-order valence-corrected chi connectivity index (χ3v) is 7.61. The topological polar surface area (TPSA) is 46.2 Å². The van der Waals surface area contributed by atoms with Crippen molar-refractivity contribution in [1.82, 2.24) is 0 Å². The monoisotopic (exact) mass is 585 g/mol. The average Bonchev–Trinajstić information content (AvgIpc) is 2.98. The molecule has 0 amide bonds. The number of unbranched alkanes of at least 4 members (excludes halogenated alkanes) is 20. The van der Waals surface area contributed by atoms with Gasteiger partial charge in [0, 0.05) is 53.4 Å². The van der Waals surface area contributed by atoms with Crippen LogP contribution in [0.4, 0.5) is 0 Å². The Morgan fingerprint density at radius 1 is 0.317 bits per heavy atom. The summed E-state index contributed by atoms with van der Waals surface area (Å²) in [6, 6.07) is 0. The van der Waals surface area contributed by atoms with E-state index in [9.17, 15) is 0 Å². The van der Waals surface area contributed by atoms with Gasteiger partial charge < -0.3 is 23.7 Å². The molecule has 0 aromatic rings. The Balaban J connectivity index is 3.02. The van der Waals surface area contributed by atoms with Gasteiger partial charge in [-0.05, 0) is 57.8 Å². The normalized spacial score (nSPS) is 11.4. The van der Waals surface area contributed by atoms with E-state index in [0.29, 0.717) is 6.61 Å². The van der Waals surface area contributed by atoms with Gasteiger partial charge in [-0.25, -0.2) is 0 Å². The number of hydrogen-bond acceptors (Lipinski definition) is 5. The molecule has 5 nitrogen and oxygen atoms in total. The molecule has 0 unspecified atom stereocenters. The van der Waals surface area contributed by atoms with Crippen molar-refractivity contribution in [2.75, 3.05) is 66.6 Å². The van der Waals surface area contributed by atoms with Crippen LogP contribution in [0.1, 0.15) is 154 Å². The van der Waals surface area contributed by atoms with Gasteiger partial charge in [0.25, 0.3) is 0 Å². The summed E-state index contributed by atoms with van der Waals surface area (Å²) < 4.78 is 27.9.